The Labute approximate surface area is 103 Å². The van der Waals surface area contributed by atoms with Crippen LogP contribution in [0.25, 0.3) is 10.8 Å². The van der Waals surface area contributed by atoms with Gasteiger partial charge in [0.2, 0.25) is 0 Å². The first-order valence-electron chi connectivity index (χ1n) is 5.84. The minimum atomic E-state index is 0.303. The van der Waals surface area contributed by atoms with E-state index in [1.165, 1.54) is 0 Å². The van der Waals surface area contributed by atoms with Crippen molar-refractivity contribution in [2.45, 2.75) is 20.3 Å². The Hall–Kier alpha value is -1.27. The largest absolute Gasteiger partial charge is 0.507 e. The van der Waals surface area contributed by atoms with Crippen molar-refractivity contribution in [1.29, 1.82) is 0 Å². The van der Waals surface area contributed by atoms with Gasteiger partial charge in [-0.3, -0.25) is 0 Å². The highest BCUT2D eigenvalue weighted by molar-refractivity contribution is 7.47. The summed E-state index contributed by atoms with van der Waals surface area (Å²) in [7, 11) is 0.552. The molecule has 0 saturated carbocycles. The minimum Gasteiger partial charge on any atom is -0.507 e. The molecule has 0 amide bonds. The second kappa shape index (κ2) is 4.93. The summed E-state index contributed by atoms with van der Waals surface area (Å²) in [6.45, 7) is 4.00. The van der Waals surface area contributed by atoms with Gasteiger partial charge in [-0.1, -0.05) is 46.2 Å². The van der Waals surface area contributed by atoms with Crippen LogP contribution in [0.2, 0.25) is 0 Å². The highest BCUT2D eigenvalue weighted by atomic mass is 31.1. The molecule has 0 aliphatic carbocycles. The van der Waals surface area contributed by atoms with E-state index in [4.69, 9.17) is 0 Å². The van der Waals surface area contributed by atoms with Crippen molar-refractivity contribution in [3.8, 4) is 11.5 Å². The summed E-state index contributed by atoms with van der Waals surface area (Å²) in [4.78, 5) is 0. The van der Waals surface area contributed by atoms with Gasteiger partial charge in [0.25, 0.3) is 0 Å². The number of hydrogen-bond donors (Lipinski definition) is 2. The lowest BCUT2D eigenvalue weighted by Crippen LogP contribution is -2.03. The molecular weight excluding hydrogens is 231 g/mol. The van der Waals surface area contributed by atoms with E-state index >= 15 is 0 Å². The maximum Gasteiger partial charge on any atom is 0.131 e. The average molecular weight is 248 g/mol. The van der Waals surface area contributed by atoms with Gasteiger partial charge in [0, 0.05) is 21.6 Å². The van der Waals surface area contributed by atoms with E-state index in [-0.39, 0.29) is 0 Å². The zero-order valence-electron chi connectivity index (χ0n) is 10.1. The van der Waals surface area contributed by atoms with Crippen LogP contribution in [-0.2, 0) is 0 Å². The summed E-state index contributed by atoms with van der Waals surface area (Å²) in [5.74, 6) is 0.639. The normalized spacial score (nSPS) is 11.6. The molecule has 3 heteroatoms. The first-order chi connectivity index (χ1) is 8.16. The van der Waals surface area contributed by atoms with Gasteiger partial charge in [-0.15, -0.1) is 0 Å². The predicted molar refractivity (Wildman–Crippen MR) is 75.1 cm³/mol. The van der Waals surface area contributed by atoms with Crippen LogP contribution in [0.3, 0.4) is 0 Å². The monoisotopic (exact) mass is 248 g/mol. The van der Waals surface area contributed by atoms with Crippen molar-refractivity contribution in [2.24, 2.45) is 0 Å². The first kappa shape index (κ1) is 12.2. The Morgan fingerprint density at radius 3 is 2.24 bits per heavy atom. The highest BCUT2D eigenvalue weighted by Crippen LogP contribution is 2.37. The summed E-state index contributed by atoms with van der Waals surface area (Å²) in [6, 6.07) is 7.44. The number of benzene rings is 2. The average Bonchev–Trinajstić information content (AvgIpc) is 2.36. The van der Waals surface area contributed by atoms with Crippen molar-refractivity contribution in [2.75, 3.05) is 6.16 Å². The van der Waals surface area contributed by atoms with Gasteiger partial charge in [0.05, 0.1) is 0 Å². The smallest absolute Gasteiger partial charge is 0.131 e. The Kier molecular flexibility index (Phi) is 3.54. The molecule has 0 spiro atoms. The molecule has 0 heterocycles. The number of phenolic OH excluding ortho intramolecular Hbond substituents is 2. The molecule has 1 atom stereocenters. The topological polar surface area (TPSA) is 40.5 Å². The molecule has 2 aromatic carbocycles. The number of aromatic hydroxyl groups is 2. The second-order valence-corrected chi connectivity index (χ2v) is 5.52. The minimum absolute atomic E-state index is 0.303. The van der Waals surface area contributed by atoms with Crippen molar-refractivity contribution >= 4 is 24.7 Å². The molecule has 0 saturated heterocycles. The van der Waals surface area contributed by atoms with Gasteiger partial charge in [0.15, 0.2) is 0 Å². The molecule has 2 nitrogen and oxygen atoms in total. The number of fused-ring (bicyclic) bond motifs is 1. The van der Waals surface area contributed by atoms with Gasteiger partial charge >= 0.3 is 0 Å². The van der Waals surface area contributed by atoms with Gasteiger partial charge in [-0.25, -0.2) is 0 Å². The molecule has 90 valence electrons. The Balaban J connectivity index is 2.68. The van der Waals surface area contributed by atoms with Crippen LogP contribution in [0.4, 0.5) is 0 Å². The molecule has 2 N–H and O–H groups in total. The maximum atomic E-state index is 10.3. The molecular formula is C14H17O2P. The standard InChI is InChI=1S/C14H17O2P/c1-3-8-17-14-9(2)12(15)10-6-4-5-7-11(10)13(14)16/h4-7,15-17H,3,8H2,1-2H3. The maximum absolute atomic E-state index is 10.3. The Bertz CT molecular complexity index is 549. The van der Waals surface area contributed by atoms with E-state index in [0.717, 1.165) is 34.2 Å². The first-order valence-corrected chi connectivity index (χ1v) is 7.04. The van der Waals surface area contributed by atoms with E-state index in [2.05, 4.69) is 6.92 Å². The second-order valence-electron chi connectivity index (χ2n) is 4.17. The zero-order chi connectivity index (χ0) is 12.4. The predicted octanol–water partition coefficient (Wildman–Crippen LogP) is 3.27. The van der Waals surface area contributed by atoms with Crippen LogP contribution in [-0.4, -0.2) is 16.4 Å². The summed E-state index contributed by atoms with van der Waals surface area (Å²) in [6.07, 6.45) is 2.14. The van der Waals surface area contributed by atoms with Gasteiger partial charge < -0.3 is 10.2 Å². The molecule has 17 heavy (non-hydrogen) atoms. The highest BCUT2D eigenvalue weighted by Gasteiger charge is 2.14. The molecule has 0 aromatic heterocycles. The Morgan fingerprint density at radius 2 is 1.65 bits per heavy atom. The van der Waals surface area contributed by atoms with Gasteiger partial charge in [-0.05, 0) is 13.1 Å². The molecule has 0 bridgehead atoms. The van der Waals surface area contributed by atoms with Crippen molar-refractivity contribution in [3.63, 3.8) is 0 Å². The summed E-state index contributed by atoms with van der Waals surface area (Å²) >= 11 is 0. The summed E-state index contributed by atoms with van der Waals surface area (Å²) in [5, 5.41) is 22.8. The molecule has 2 aromatic rings. The summed E-state index contributed by atoms with van der Waals surface area (Å²) in [5.41, 5.74) is 0.813. The third kappa shape index (κ3) is 2.10. The van der Waals surface area contributed by atoms with Gasteiger partial charge in [0.1, 0.15) is 11.5 Å². The van der Waals surface area contributed by atoms with Crippen LogP contribution in [0.1, 0.15) is 18.9 Å². The van der Waals surface area contributed by atoms with Crippen molar-refractivity contribution in [1.82, 2.24) is 0 Å². The number of phenols is 2. The SMILES string of the molecule is CCCPc1c(C)c(O)c2ccccc2c1O. The van der Waals surface area contributed by atoms with E-state index in [0.29, 0.717) is 20.1 Å². The van der Waals surface area contributed by atoms with Crippen LogP contribution in [0, 0.1) is 6.92 Å². The third-order valence-electron chi connectivity index (χ3n) is 2.96. The van der Waals surface area contributed by atoms with E-state index < -0.39 is 0 Å². The lowest BCUT2D eigenvalue weighted by Gasteiger charge is -2.13. The van der Waals surface area contributed by atoms with Crippen LogP contribution in [0.15, 0.2) is 24.3 Å². The summed E-state index contributed by atoms with van der Waals surface area (Å²) < 4.78 is 0. The fourth-order valence-corrected chi connectivity index (χ4v) is 3.18. The van der Waals surface area contributed by atoms with Gasteiger partial charge in [-0.2, -0.15) is 0 Å². The molecule has 0 aliphatic heterocycles. The van der Waals surface area contributed by atoms with Crippen molar-refractivity contribution in [3.05, 3.63) is 29.8 Å². The fourth-order valence-electron chi connectivity index (χ4n) is 2.00. The fraction of sp³-hybridized carbons (Fsp3) is 0.286. The molecule has 0 radical (unpaired) electrons. The van der Waals surface area contributed by atoms with Crippen LogP contribution in [0.5, 0.6) is 11.5 Å². The van der Waals surface area contributed by atoms with E-state index in [1.807, 2.05) is 31.2 Å². The molecule has 1 unspecified atom stereocenters. The van der Waals surface area contributed by atoms with E-state index in [1.54, 1.807) is 0 Å². The lowest BCUT2D eigenvalue weighted by molar-refractivity contribution is 0.469. The quantitative estimate of drug-likeness (QED) is 0.646. The Morgan fingerprint density at radius 1 is 1.06 bits per heavy atom. The van der Waals surface area contributed by atoms with Crippen molar-refractivity contribution < 1.29 is 10.2 Å². The lowest BCUT2D eigenvalue weighted by atomic mass is 10.0. The van der Waals surface area contributed by atoms with Crippen LogP contribution < -0.4 is 5.30 Å². The van der Waals surface area contributed by atoms with E-state index in [9.17, 15) is 10.2 Å². The number of rotatable bonds is 3. The number of hydrogen-bond acceptors (Lipinski definition) is 2. The molecule has 0 aliphatic rings. The zero-order valence-corrected chi connectivity index (χ0v) is 11.1. The third-order valence-corrected chi connectivity index (χ3v) is 4.67. The molecule has 2 rings (SSSR count). The van der Waals surface area contributed by atoms with Crippen LogP contribution >= 0.6 is 8.58 Å². The molecule has 0 fully saturated rings.